The van der Waals surface area contributed by atoms with Crippen LogP contribution in [0.5, 0.6) is 0 Å². The lowest BCUT2D eigenvalue weighted by Crippen LogP contribution is -2.47. The number of aryl methyl sites for hydroxylation is 1. The third-order valence-electron chi connectivity index (χ3n) is 3.72. The van der Waals surface area contributed by atoms with Gasteiger partial charge in [-0.15, -0.1) is 11.3 Å². The summed E-state index contributed by atoms with van der Waals surface area (Å²) in [6, 6.07) is 0. The lowest BCUT2D eigenvalue weighted by Gasteiger charge is -2.34. The molecule has 1 heterocycles. The minimum atomic E-state index is -3.80. The molecule has 0 atom stereocenters. The first-order valence-corrected chi connectivity index (χ1v) is 8.97. The summed E-state index contributed by atoms with van der Waals surface area (Å²) < 4.78 is 27.8. The van der Waals surface area contributed by atoms with E-state index in [4.69, 9.17) is 5.11 Å². The number of thiophene rings is 1. The van der Waals surface area contributed by atoms with Crippen LogP contribution in [0.15, 0.2) is 10.3 Å². The van der Waals surface area contributed by atoms with Crippen molar-refractivity contribution < 1.29 is 18.3 Å². The summed E-state index contributed by atoms with van der Waals surface area (Å²) in [7, 11) is -3.80. The van der Waals surface area contributed by atoms with Gasteiger partial charge in [0.25, 0.3) is 0 Å². The summed E-state index contributed by atoms with van der Waals surface area (Å²) in [5.74, 6) is -1.20. The number of carboxylic acid groups (broad SMARTS) is 1. The zero-order valence-corrected chi connectivity index (χ0v) is 13.2. The van der Waals surface area contributed by atoms with Crippen molar-refractivity contribution in [2.24, 2.45) is 0 Å². The molecule has 1 aromatic rings. The van der Waals surface area contributed by atoms with E-state index in [1.165, 1.54) is 0 Å². The van der Waals surface area contributed by atoms with Crippen molar-refractivity contribution in [1.29, 1.82) is 0 Å². The number of carbonyl (C=O) groups is 1. The molecule has 1 aliphatic rings. The Labute approximate surface area is 123 Å². The van der Waals surface area contributed by atoms with Crippen LogP contribution in [0.25, 0.3) is 0 Å². The van der Waals surface area contributed by atoms with E-state index >= 15 is 0 Å². The lowest BCUT2D eigenvalue weighted by molar-refractivity contribution is 0.0698. The van der Waals surface area contributed by atoms with Gasteiger partial charge >= 0.3 is 5.97 Å². The van der Waals surface area contributed by atoms with Gasteiger partial charge in [0.15, 0.2) is 0 Å². The molecule has 0 bridgehead atoms. The summed E-state index contributed by atoms with van der Waals surface area (Å²) in [5.41, 5.74) is 0.0145. The number of rotatable bonds is 4. The number of carboxylic acids is 1. The van der Waals surface area contributed by atoms with Gasteiger partial charge in [-0.2, -0.15) is 0 Å². The maximum absolute atomic E-state index is 12.5. The Morgan fingerprint density at radius 3 is 2.50 bits per heavy atom. The van der Waals surface area contributed by atoms with Gasteiger partial charge in [-0.3, -0.25) is 0 Å². The fourth-order valence-corrected chi connectivity index (χ4v) is 5.82. The molecule has 5 nitrogen and oxygen atoms in total. The number of sulfonamides is 1. The van der Waals surface area contributed by atoms with E-state index in [9.17, 15) is 13.2 Å². The molecule has 0 aromatic carbocycles. The van der Waals surface area contributed by atoms with Crippen LogP contribution in [-0.4, -0.2) is 25.0 Å². The SMILES string of the molecule is Cc1csc(C(=O)O)c1S(=O)(=O)NC1(C)CCCCC1. The van der Waals surface area contributed by atoms with Gasteiger partial charge < -0.3 is 5.11 Å². The van der Waals surface area contributed by atoms with Crippen molar-refractivity contribution in [2.75, 3.05) is 0 Å². The summed E-state index contributed by atoms with van der Waals surface area (Å²) in [6.07, 6.45) is 4.69. The van der Waals surface area contributed by atoms with Gasteiger partial charge in [-0.05, 0) is 37.6 Å². The Bertz CT molecular complexity index is 612. The molecule has 0 saturated heterocycles. The highest BCUT2D eigenvalue weighted by Crippen LogP contribution is 2.32. The van der Waals surface area contributed by atoms with Crippen molar-refractivity contribution in [3.63, 3.8) is 0 Å². The number of hydrogen-bond donors (Lipinski definition) is 2. The molecule has 0 aliphatic heterocycles. The Hall–Kier alpha value is -0.920. The minimum Gasteiger partial charge on any atom is -0.477 e. The summed E-state index contributed by atoms with van der Waals surface area (Å²) in [6.45, 7) is 3.52. The normalized spacial score (nSPS) is 18.9. The van der Waals surface area contributed by atoms with E-state index in [0.29, 0.717) is 5.56 Å². The molecular weight excluding hydrogens is 298 g/mol. The van der Waals surface area contributed by atoms with E-state index in [1.54, 1.807) is 12.3 Å². The standard InChI is InChI=1S/C13H19NO4S2/c1-9-8-19-10(12(15)16)11(9)20(17,18)14-13(2)6-4-3-5-7-13/h8,14H,3-7H2,1-2H3,(H,15,16). The molecule has 0 amide bonds. The van der Waals surface area contributed by atoms with E-state index in [0.717, 1.165) is 43.4 Å². The molecule has 112 valence electrons. The Kier molecular flexibility index (Phi) is 4.22. The molecule has 2 rings (SSSR count). The molecule has 1 aliphatic carbocycles. The number of aromatic carboxylic acids is 1. The molecule has 1 fully saturated rings. The van der Waals surface area contributed by atoms with Crippen LogP contribution >= 0.6 is 11.3 Å². The Balaban J connectivity index is 2.36. The fourth-order valence-electron chi connectivity index (χ4n) is 2.72. The lowest BCUT2D eigenvalue weighted by atomic mass is 9.84. The molecule has 0 spiro atoms. The fraction of sp³-hybridized carbons (Fsp3) is 0.615. The van der Waals surface area contributed by atoms with E-state index in [-0.39, 0.29) is 9.77 Å². The maximum atomic E-state index is 12.5. The largest absolute Gasteiger partial charge is 0.477 e. The monoisotopic (exact) mass is 317 g/mol. The molecule has 2 N–H and O–H groups in total. The number of nitrogens with one attached hydrogen (secondary N) is 1. The summed E-state index contributed by atoms with van der Waals surface area (Å²) >= 11 is 0.953. The summed E-state index contributed by atoms with van der Waals surface area (Å²) in [4.78, 5) is 11.0. The highest BCUT2D eigenvalue weighted by molar-refractivity contribution is 7.89. The third-order valence-corrected chi connectivity index (χ3v) is 6.76. The van der Waals surface area contributed by atoms with Gasteiger partial charge in [0.2, 0.25) is 10.0 Å². The van der Waals surface area contributed by atoms with E-state index in [1.807, 2.05) is 6.92 Å². The van der Waals surface area contributed by atoms with Crippen LogP contribution in [-0.2, 0) is 10.0 Å². The van der Waals surface area contributed by atoms with Gasteiger partial charge in [0.05, 0.1) is 0 Å². The van der Waals surface area contributed by atoms with Gasteiger partial charge in [0.1, 0.15) is 9.77 Å². The summed E-state index contributed by atoms with van der Waals surface area (Å²) in [5, 5.41) is 10.7. The minimum absolute atomic E-state index is 0.0817. The van der Waals surface area contributed by atoms with Crippen molar-refractivity contribution in [1.82, 2.24) is 4.72 Å². The van der Waals surface area contributed by atoms with Gasteiger partial charge in [-0.25, -0.2) is 17.9 Å². The van der Waals surface area contributed by atoms with E-state index < -0.39 is 21.5 Å². The molecule has 1 aromatic heterocycles. The molecule has 7 heteroatoms. The number of hydrogen-bond acceptors (Lipinski definition) is 4. The Morgan fingerprint density at radius 2 is 1.95 bits per heavy atom. The first kappa shape index (κ1) is 15.5. The molecule has 20 heavy (non-hydrogen) atoms. The van der Waals surface area contributed by atoms with Crippen LogP contribution in [0.3, 0.4) is 0 Å². The van der Waals surface area contributed by atoms with Crippen LogP contribution in [0.4, 0.5) is 0 Å². The maximum Gasteiger partial charge on any atom is 0.347 e. The van der Waals surface area contributed by atoms with Crippen LogP contribution < -0.4 is 4.72 Å². The highest BCUT2D eigenvalue weighted by atomic mass is 32.2. The first-order valence-electron chi connectivity index (χ1n) is 6.60. The second kappa shape index (κ2) is 5.46. The second-order valence-corrected chi connectivity index (χ2v) is 8.11. The average Bonchev–Trinajstić information content (AvgIpc) is 2.71. The molecule has 0 radical (unpaired) electrons. The van der Waals surface area contributed by atoms with E-state index in [2.05, 4.69) is 4.72 Å². The van der Waals surface area contributed by atoms with Crippen molar-refractivity contribution in [3.05, 3.63) is 15.8 Å². The first-order chi connectivity index (χ1) is 9.25. The molecule has 1 saturated carbocycles. The van der Waals surface area contributed by atoms with Crippen molar-refractivity contribution in [3.8, 4) is 0 Å². The third kappa shape index (κ3) is 3.05. The van der Waals surface area contributed by atoms with Crippen molar-refractivity contribution >= 4 is 27.3 Å². The zero-order chi connectivity index (χ0) is 15.0. The average molecular weight is 317 g/mol. The van der Waals surface area contributed by atoms with Gasteiger partial charge in [-0.1, -0.05) is 19.3 Å². The second-order valence-electron chi connectivity index (χ2n) is 5.61. The quantitative estimate of drug-likeness (QED) is 0.894. The van der Waals surface area contributed by atoms with Crippen molar-refractivity contribution in [2.45, 2.75) is 56.4 Å². The van der Waals surface area contributed by atoms with Crippen LogP contribution in [0.2, 0.25) is 0 Å². The predicted octanol–water partition coefficient (Wildman–Crippen LogP) is 2.76. The van der Waals surface area contributed by atoms with Gasteiger partial charge in [0, 0.05) is 5.54 Å². The zero-order valence-electron chi connectivity index (χ0n) is 11.6. The smallest absolute Gasteiger partial charge is 0.347 e. The van der Waals surface area contributed by atoms with Crippen LogP contribution in [0, 0.1) is 6.92 Å². The van der Waals surface area contributed by atoms with Crippen LogP contribution in [0.1, 0.15) is 54.3 Å². The molecule has 0 unspecified atom stereocenters. The Morgan fingerprint density at radius 1 is 1.35 bits per heavy atom. The molecular formula is C13H19NO4S2. The predicted molar refractivity (Wildman–Crippen MR) is 77.8 cm³/mol. The topological polar surface area (TPSA) is 83.5 Å². The highest BCUT2D eigenvalue weighted by Gasteiger charge is 2.35.